The van der Waals surface area contributed by atoms with Crippen molar-refractivity contribution >= 4 is 44.8 Å². The molecule has 4 aromatic carbocycles. The van der Waals surface area contributed by atoms with E-state index in [1.807, 2.05) is 0 Å². The Hall–Kier alpha value is -4.14. The zero-order chi connectivity index (χ0) is 30.9. The molecule has 0 fully saturated rings. The van der Waals surface area contributed by atoms with Crippen molar-refractivity contribution in [3.05, 3.63) is 151 Å². The second-order valence-corrected chi connectivity index (χ2v) is 15.7. The van der Waals surface area contributed by atoms with Gasteiger partial charge in [0.15, 0.2) is 0 Å². The first-order valence-electron chi connectivity index (χ1n) is 18.0. The molecule has 1 N–H and O–H groups in total. The Balaban J connectivity index is 1.11. The maximum absolute atomic E-state index is 3.65. The van der Waals surface area contributed by atoms with Crippen LogP contribution >= 0.6 is 11.3 Å². The Morgan fingerprint density at radius 2 is 1.34 bits per heavy atom. The number of nitrogens with one attached hydrogen (secondary N) is 1. The third-order valence-corrected chi connectivity index (χ3v) is 13.1. The van der Waals surface area contributed by atoms with E-state index in [-0.39, 0.29) is 5.92 Å². The van der Waals surface area contributed by atoms with E-state index < -0.39 is 0 Å². The molecule has 0 radical (unpaired) electrons. The Morgan fingerprint density at radius 3 is 2.21 bits per heavy atom. The average Bonchev–Trinajstić information content (AvgIpc) is 3.61. The SMILES string of the molecule is C1=CC(c2ccc3[nH]c4ccccc4c3c2)c2sc3c(c2CC1c1ccc2c(c1)CCCC2)C=C(c1ccc2c(c1)CCCC2)CC3. The van der Waals surface area contributed by atoms with Crippen LogP contribution in [0.1, 0.15) is 104 Å². The summed E-state index contributed by atoms with van der Waals surface area (Å²) in [6.45, 7) is 0. The Kier molecular flexibility index (Phi) is 6.68. The fourth-order valence-electron chi connectivity index (χ4n) is 9.18. The van der Waals surface area contributed by atoms with E-state index in [4.69, 9.17) is 0 Å². The zero-order valence-corrected chi connectivity index (χ0v) is 27.9. The van der Waals surface area contributed by atoms with Crippen LogP contribution in [-0.4, -0.2) is 4.98 Å². The van der Waals surface area contributed by atoms with Crippen LogP contribution in [0.5, 0.6) is 0 Å². The first kappa shape index (κ1) is 27.9. The summed E-state index contributed by atoms with van der Waals surface area (Å²) in [4.78, 5) is 6.80. The van der Waals surface area contributed by atoms with E-state index in [0.29, 0.717) is 5.92 Å². The Bertz CT molecular complexity index is 2250. The summed E-state index contributed by atoms with van der Waals surface area (Å²) >= 11 is 2.10. The van der Waals surface area contributed by atoms with Gasteiger partial charge < -0.3 is 4.98 Å². The van der Waals surface area contributed by atoms with Gasteiger partial charge in [0.1, 0.15) is 0 Å². The number of allylic oxidation sites excluding steroid dienone is 3. The molecule has 2 unspecified atom stereocenters. The lowest BCUT2D eigenvalue weighted by molar-refractivity contribution is 0.682. The van der Waals surface area contributed by atoms with Crippen molar-refractivity contribution in [1.29, 1.82) is 0 Å². The van der Waals surface area contributed by atoms with Crippen molar-refractivity contribution in [2.24, 2.45) is 0 Å². The predicted molar refractivity (Wildman–Crippen MR) is 200 cm³/mol. The molecule has 2 heterocycles. The normalized spacial score (nSPS) is 20.3. The van der Waals surface area contributed by atoms with Crippen LogP contribution in [0.4, 0.5) is 0 Å². The fourth-order valence-corrected chi connectivity index (χ4v) is 10.6. The number of para-hydroxylation sites is 1. The molecule has 2 heteroatoms. The fraction of sp³-hybridized carbons (Fsp3) is 0.289. The van der Waals surface area contributed by atoms with E-state index in [1.165, 1.54) is 101 Å². The highest BCUT2D eigenvalue weighted by Crippen LogP contribution is 2.48. The zero-order valence-electron chi connectivity index (χ0n) is 27.1. The van der Waals surface area contributed by atoms with Crippen molar-refractivity contribution in [3.63, 3.8) is 0 Å². The average molecular weight is 628 g/mol. The molecule has 4 aliphatic carbocycles. The molecule has 0 saturated carbocycles. The van der Waals surface area contributed by atoms with Crippen LogP contribution in [-0.2, 0) is 38.5 Å². The number of hydrogen-bond acceptors (Lipinski definition) is 1. The minimum Gasteiger partial charge on any atom is -0.355 e. The van der Waals surface area contributed by atoms with Crippen molar-refractivity contribution in [2.45, 2.75) is 82.5 Å². The minimum atomic E-state index is 0.266. The van der Waals surface area contributed by atoms with Crippen LogP contribution < -0.4 is 0 Å². The van der Waals surface area contributed by atoms with Crippen LogP contribution in [0, 0.1) is 0 Å². The van der Waals surface area contributed by atoms with Gasteiger partial charge in [-0.05, 0) is 151 Å². The molecule has 2 aromatic heterocycles. The van der Waals surface area contributed by atoms with Gasteiger partial charge in [0, 0.05) is 43.4 Å². The van der Waals surface area contributed by atoms with E-state index >= 15 is 0 Å². The molecule has 0 aliphatic heterocycles. The van der Waals surface area contributed by atoms with Gasteiger partial charge in [-0.15, -0.1) is 11.3 Å². The first-order valence-corrected chi connectivity index (χ1v) is 18.8. The summed E-state index contributed by atoms with van der Waals surface area (Å²) in [5.74, 6) is 0.658. The highest BCUT2D eigenvalue weighted by Gasteiger charge is 2.30. The van der Waals surface area contributed by atoms with Crippen LogP contribution in [0.25, 0.3) is 33.5 Å². The molecule has 232 valence electrons. The highest BCUT2D eigenvalue weighted by molar-refractivity contribution is 7.12. The second-order valence-electron chi connectivity index (χ2n) is 14.5. The first-order chi connectivity index (χ1) is 23.2. The molecule has 4 aliphatic rings. The van der Waals surface area contributed by atoms with Crippen molar-refractivity contribution < 1.29 is 0 Å². The van der Waals surface area contributed by atoms with E-state index in [9.17, 15) is 0 Å². The monoisotopic (exact) mass is 627 g/mol. The third-order valence-electron chi connectivity index (χ3n) is 11.7. The van der Waals surface area contributed by atoms with Gasteiger partial charge >= 0.3 is 0 Å². The molecule has 10 rings (SSSR count). The number of hydrogen-bond donors (Lipinski definition) is 1. The number of H-pyrrole nitrogens is 1. The van der Waals surface area contributed by atoms with Crippen molar-refractivity contribution in [3.8, 4) is 0 Å². The van der Waals surface area contributed by atoms with Gasteiger partial charge in [0.25, 0.3) is 0 Å². The van der Waals surface area contributed by atoms with E-state index in [2.05, 4.69) is 113 Å². The van der Waals surface area contributed by atoms with Gasteiger partial charge in [0.05, 0.1) is 0 Å². The van der Waals surface area contributed by atoms with Gasteiger partial charge in [-0.2, -0.15) is 0 Å². The molecule has 0 bridgehead atoms. The number of aryl methyl sites for hydroxylation is 5. The largest absolute Gasteiger partial charge is 0.355 e. The van der Waals surface area contributed by atoms with Crippen LogP contribution in [0.3, 0.4) is 0 Å². The lowest BCUT2D eigenvalue weighted by Gasteiger charge is -2.21. The summed E-state index contributed by atoms with van der Waals surface area (Å²) in [5.41, 5.74) is 17.8. The van der Waals surface area contributed by atoms with Crippen molar-refractivity contribution in [1.82, 2.24) is 4.98 Å². The quantitative estimate of drug-likeness (QED) is 0.188. The molecule has 47 heavy (non-hydrogen) atoms. The number of aromatic amines is 1. The van der Waals surface area contributed by atoms with Crippen molar-refractivity contribution in [2.75, 3.05) is 0 Å². The summed E-state index contributed by atoms with van der Waals surface area (Å²) in [5, 5.41) is 2.65. The molecular weight excluding hydrogens is 587 g/mol. The van der Waals surface area contributed by atoms with Gasteiger partial charge in [-0.25, -0.2) is 0 Å². The summed E-state index contributed by atoms with van der Waals surface area (Å²) in [6.07, 6.45) is 21.4. The number of benzene rings is 4. The molecule has 0 saturated heterocycles. The second kappa shape index (κ2) is 11.2. The van der Waals surface area contributed by atoms with Gasteiger partial charge in [0.2, 0.25) is 0 Å². The summed E-state index contributed by atoms with van der Waals surface area (Å²) in [7, 11) is 0. The van der Waals surface area contributed by atoms with Crippen LogP contribution in [0.15, 0.2) is 91.0 Å². The number of aromatic nitrogens is 1. The van der Waals surface area contributed by atoms with E-state index in [0.717, 1.165) is 19.3 Å². The van der Waals surface area contributed by atoms with Gasteiger partial charge in [-0.3, -0.25) is 0 Å². The maximum atomic E-state index is 3.65. The lowest BCUT2D eigenvalue weighted by atomic mass is 9.83. The summed E-state index contributed by atoms with van der Waals surface area (Å²) in [6, 6.07) is 30.8. The molecule has 0 amide bonds. The number of fused-ring (bicyclic) bond motifs is 8. The molecular formula is C45H41NS. The predicted octanol–water partition coefficient (Wildman–Crippen LogP) is 11.7. The molecule has 1 nitrogen and oxygen atoms in total. The third kappa shape index (κ3) is 4.79. The van der Waals surface area contributed by atoms with Gasteiger partial charge in [-0.1, -0.05) is 72.8 Å². The van der Waals surface area contributed by atoms with E-state index in [1.54, 1.807) is 37.6 Å². The Morgan fingerprint density at radius 1 is 0.596 bits per heavy atom. The topological polar surface area (TPSA) is 15.8 Å². The number of rotatable bonds is 3. The smallest absolute Gasteiger partial charge is 0.0465 e. The number of thiophene rings is 1. The lowest BCUT2D eigenvalue weighted by Crippen LogP contribution is -2.07. The maximum Gasteiger partial charge on any atom is 0.0465 e. The van der Waals surface area contributed by atoms with Crippen LogP contribution in [0.2, 0.25) is 0 Å². The molecule has 6 aromatic rings. The molecule has 0 spiro atoms. The minimum absolute atomic E-state index is 0.266. The Labute approximate surface area is 282 Å². The highest BCUT2D eigenvalue weighted by atomic mass is 32.1. The molecule has 2 atom stereocenters. The summed E-state index contributed by atoms with van der Waals surface area (Å²) < 4.78 is 0. The standard InChI is InChI=1S/C45H41NS/c1-3-9-30-23-32(15-13-28(30)7-1)34-17-20-37(36-18-21-43-39(27-36)38-11-5-6-12-42(38)46-43)45-41(26-34)40-25-35(19-22-44(40)47-45)33-16-14-29-8-2-4-10-31(29)24-33/h5-6,11-18,20-21,23-25,27,34,37,46H,1-4,7-10,19,22,26H2.